The third kappa shape index (κ3) is 5.60. The molecule has 1 amide bonds. The molecule has 0 radical (unpaired) electrons. The Bertz CT molecular complexity index is 1010. The van der Waals surface area contributed by atoms with Crippen molar-refractivity contribution in [3.63, 3.8) is 0 Å². The van der Waals surface area contributed by atoms with Gasteiger partial charge in [0.25, 0.3) is 10.0 Å². The normalized spacial score (nSPS) is 20.8. The summed E-state index contributed by atoms with van der Waals surface area (Å²) in [5.41, 5.74) is 2.32. The molecule has 1 aromatic heterocycles. The second-order valence-electron chi connectivity index (χ2n) is 8.86. The number of thiophene rings is 1. The quantitative estimate of drug-likeness (QED) is 0.659. The first-order valence-electron chi connectivity index (χ1n) is 11.6. The molecule has 1 unspecified atom stereocenters. The van der Waals surface area contributed by atoms with Crippen molar-refractivity contribution in [1.82, 2.24) is 14.5 Å². The predicted octanol–water partition coefficient (Wildman–Crippen LogP) is 3.90. The van der Waals surface area contributed by atoms with Crippen LogP contribution in [-0.2, 0) is 27.9 Å². The Morgan fingerprint density at radius 3 is 2.31 bits per heavy atom. The molecule has 1 atom stereocenters. The number of aryl methyl sites for hydroxylation is 1. The number of rotatable bonds is 7. The number of hydrogen-bond acceptors (Lipinski definition) is 5. The number of sulfonamides is 1. The van der Waals surface area contributed by atoms with Gasteiger partial charge in [0, 0.05) is 24.5 Å². The summed E-state index contributed by atoms with van der Waals surface area (Å²) in [6, 6.07) is 11.2. The van der Waals surface area contributed by atoms with Crippen LogP contribution in [0.4, 0.5) is 0 Å². The van der Waals surface area contributed by atoms with E-state index in [0.29, 0.717) is 30.1 Å². The Hall–Kier alpha value is -1.74. The Morgan fingerprint density at radius 2 is 1.66 bits per heavy atom. The van der Waals surface area contributed by atoms with Crippen LogP contribution < -0.4 is 5.32 Å². The Balaban J connectivity index is 1.32. The molecule has 8 heteroatoms. The van der Waals surface area contributed by atoms with E-state index in [1.165, 1.54) is 60.0 Å². The van der Waals surface area contributed by atoms with Crippen LogP contribution in [0.3, 0.4) is 0 Å². The molecule has 0 spiro atoms. The molecule has 1 aromatic carbocycles. The molecule has 2 saturated heterocycles. The van der Waals surface area contributed by atoms with Crippen LogP contribution in [0.2, 0.25) is 0 Å². The maximum Gasteiger partial charge on any atom is 0.253 e. The molecule has 2 aromatic rings. The van der Waals surface area contributed by atoms with Crippen molar-refractivity contribution in [1.29, 1.82) is 0 Å². The summed E-state index contributed by atoms with van der Waals surface area (Å²) in [5, 5.41) is 2.96. The number of nitrogens with one attached hydrogen (secondary N) is 1. The summed E-state index contributed by atoms with van der Waals surface area (Å²) < 4.78 is 27.7. The number of hydrogen-bond donors (Lipinski definition) is 1. The van der Waals surface area contributed by atoms with Gasteiger partial charge in [0.1, 0.15) is 10.3 Å². The maximum absolute atomic E-state index is 13.0. The average Bonchev–Trinajstić information content (AvgIpc) is 3.38. The van der Waals surface area contributed by atoms with Crippen molar-refractivity contribution in [3.8, 4) is 0 Å². The van der Waals surface area contributed by atoms with E-state index in [0.717, 1.165) is 17.0 Å². The zero-order valence-corrected chi connectivity index (χ0v) is 20.4. The first-order valence-corrected chi connectivity index (χ1v) is 13.9. The van der Waals surface area contributed by atoms with Crippen LogP contribution >= 0.6 is 11.3 Å². The Morgan fingerprint density at radius 1 is 0.969 bits per heavy atom. The summed E-state index contributed by atoms with van der Waals surface area (Å²) in [6.45, 7) is 6.00. The van der Waals surface area contributed by atoms with E-state index in [1.807, 2.05) is 6.92 Å². The minimum atomic E-state index is -3.63. The molecule has 2 aliphatic heterocycles. The van der Waals surface area contributed by atoms with E-state index in [-0.39, 0.29) is 5.91 Å². The average molecular weight is 476 g/mol. The summed E-state index contributed by atoms with van der Waals surface area (Å²) in [4.78, 5) is 16.3. The zero-order valence-electron chi connectivity index (χ0n) is 18.8. The Kier molecular flexibility index (Phi) is 7.66. The number of carbonyl (C=O) groups is 1. The topological polar surface area (TPSA) is 69.7 Å². The van der Waals surface area contributed by atoms with Crippen molar-refractivity contribution in [3.05, 3.63) is 52.4 Å². The summed E-state index contributed by atoms with van der Waals surface area (Å²) in [5.74, 6) is -0.215. The fourth-order valence-electron chi connectivity index (χ4n) is 4.58. The molecule has 4 rings (SSSR count). The van der Waals surface area contributed by atoms with Gasteiger partial charge in [-0.1, -0.05) is 37.1 Å². The first kappa shape index (κ1) is 23.4. The van der Waals surface area contributed by atoms with E-state index in [1.54, 1.807) is 12.1 Å². The first-order chi connectivity index (χ1) is 15.4. The minimum absolute atomic E-state index is 0.215. The van der Waals surface area contributed by atoms with E-state index in [2.05, 4.69) is 34.5 Å². The number of carbonyl (C=O) groups excluding carboxylic acids is 1. The van der Waals surface area contributed by atoms with Gasteiger partial charge in [0.15, 0.2) is 0 Å². The molecular weight excluding hydrogens is 442 g/mol. The van der Waals surface area contributed by atoms with Crippen molar-refractivity contribution < 1.29 is 13.2 Å². The number of likely N-dealkylation sites (tertiary alicyclic amines) is 1. The molecular formula is C24H33N3O3S2. The number of amides is 1. The predicted molar refractivity (Wildman–Crippen MR) is 128 cm³/mol. The van der Waals surface area contributed by atoms with Crippen LogP contribution in [0.25, 0.3) is 0 Å². The largest absolute Gasteiger partial charge is 0.351 e. The third-order valence-corrected chi connectivity index (χ3v) is 9.76. The lowest BCUT2D eigenvalue weighted by Gasteiger charge is -2.23. The molecule has 0 aliphatic carbocycles. The van der Waals surface area contributed by atoms with Gasteiger partial charge in [0.05, 0.1) is 0 Å². The van der Waals surface area contributed by atoms with Crippen LogP contribution in [0.1, 0.15) is 54.5 Å². The van der Waals surface area contributed by atoms with Gasteiger partial charge in [0.2, 0.25) is 5.91 Å². The molecule has 3 heterocycles. The van der Waals surface area contributed by atoms with Gasteiger partial charge < -0.3 is 5.32 Å². The second kappa shape index (κ2) is 10.5. The summed E-state index contributed by atoms with van der Waals surface area (Å²) in [7, 11) is -3.63. The molecule has 2 aliphatic rings. The van der Waals surface area contributed by atoms with Gasteiger partial charge in [-0.25, -0.2) is 8.42 Å². The fraction of sp³-hybridized carbons (Fsp3) is 0.542. The molecule has 6 nitrogen and oxygen atoms in total. The van der Waals surface area contributed by atoms with E-state index >= 15 is 0 Å². The molecule has 0 saturated carbocycles. The summed E-state index contributed by atoms with van der Waals surface area (Å²) in [6.07, 6.45) is 6.49. The highest BCUT2D eigenvalue weighted by Gasteiger charge is 2.39. The lowest BCUT2D eigenvalue weighted by atomic mass is 10.1. The highest BCUT2D eigenvalue weighted by atomic mass is 32.2. The maximum atomic E-state index is 13.0. The lowest BCUT2D eigenvalue weighted by Crippen LogP contribution is -2.45. The minimum Gasteiger partial charge on any atom is -0.351 e. The zero-order chi connectivity index (χ0) is 22.6. The standard InChI is InChI=1S/C24H33N3O3S2/c1-19-8-13-23(31-19)32(29,30)27-16-6-7-22(27)24(28)25-17-20-9-11-21(12-10-20)18-26-14-4-2-3-5-15-26/h8-13,22H,2-7,14-18H2,1H3,(H,25,28). The van der Waals surface area contributed by atoms with E-state index in [9.17, 15) is 13.2 Å². The van der Waals surface area contributed by atoms with Crippen LogP contribution in [0, 0.1) is 6.92 Å². The number of nitrogens with zero attached hydrogens (tertiary/aromatic N) is 2. The van der Waals surface area contributed by atoms with E-state index < -0.39 is 16.1 Å². The van der Waals surface area contributed by atoms with Crippen molar-refractivity contribution >= 4 is 27.3 Å². The van der Waals surface area contributed by atoms with Gasteiger partial charge in [-0.05, 0) is 69.0 Å². The second-order valence-corrected chi connectivity index (χ2v) is 12.3. The molecule has 1 N–H and O–H groups in total. The van der Waals surface area contributed by atoms with Crippen molar-refractivity contribution in [2.24, 2.45) is 0 Å². The third-order valence-electron chi connectivity index (χ3n) is 6.38. The van der Waals surface area contributed by atoms with Gasteiger partial charge in [-0.3, -0.25) is 9.69 Å². The van der Waals surface area contributed by atoms with Crippen LogP contribution in [0.15, 0.2) is 40.6 Å². The smallest absolute Gasteiger partial charge is 0.253 e. The van der Waals surface area contributed by atoms with Crippen molar-refractivity contribution in [2.75, 3.05) is 19.6 Å². The molecule has 0 bridgehead atoms. The number of benzene rings is 1. The SMILES string of the molecule is Cc1ccc(S(=O)(=O)N2CCCC2C(=O)NCc2ccc(CN3CCCCCC3)cc2)s1. The highest BCUT2D eigenvalue weighted by molar-refractivity contribution is 7.91. The highest BCUT2D eigenvalue weighted by Crippen LogP contribution is 2.30. The fourth-order valence-corrected chi connectivity index (χ4v) is 7.65. The molecule has 174 valence electrons. The van der Waals surface area contributed by atoms with Crippen molar-refractivity contribution in [2.45, 2.75) is 68.8 Å². The summed E-state index contributed by atoms with van der Waals surface area (Å²) >= 11 is 1.26. The lowest BCUT2D eigenvalue weighted by molar-refractivity contribution is -0.124. The Labute approximate surface area is 195 Å². The molecule has 32 heavy (non-hydrogen) atoms. The monoisotopic (exact) mass is 475 g/mol. The molecule has 2 fully saturated rings. The van der Waals surface area contributed by atoms with Crippen LogP contribution in [0.5, 0.6) is 0 Å². The van der Waals surface area contributed by atoms with Gasteiger partial charge in [-0.15, -0.1) is 11.3 Å². The van der Waals surface area contributed by atoms with Gasteiger partial charge >= 0.3 is 0 Å². The van der Waals surface area contributed by atoms with Crippen LogP contribution in [-0.4, -0.2) is 49.2 Å². The van der Waals surface area contributed by atoms with E-state index in [4.69, 9.17) is 0 Å². The van der Waals surface area contributed by atoms with Gasteiger partial charge in [-0.2, -0.15) is 4.31 Å².